The van der Waals surface area contributed by atoms with Crippen LogP contribution in [0.4, 0.5) is 0 Å². The fourth-order valence-electron chi connectivity index (χ4n) is 2.40. The van der Waals surface area contributed by atoms with Gasteiger partial charge in [-0.25, -0.2) is 13.1 Å². The van der Waals surface area contributed by atoms with E-state index in [1.165, 1.54) is 0 Å². The van der Waals surface area contributed by atoms with Gasteiger partial charge in [0.15, 0.2) is 0 Å². The first kappa shape index (κ1) is 14.5. The van der Waals surface area contributed by atoms with Crippen LogP contribution in [0.15, 0.2) is 17.2 Å². The Kier molecular flexibility index (Phi) is 4.29. The zero-order valence-corrected chi connectivity index (χ0v) is 12.5. The largest absolute Gasteiger partial charge is 0.352 e. The average molecular weight is 286 g/mol. The molecule has 1 aliphatic rings. The highest BCUT2D eigenvalue weighted by atomic mass is 32.2. The van der Waals surface area contributed by atoms with Crippen molar-refractivity contribution < 1.29 is 8.42 Å². The molecule has 0 aliphatic carbocycles. The summed E-state index contributed by atoms with van der Waals surface area (Å²) in [6.07, 6.45) is 2.53. The van der Waals surface area contributed by atoms with Gasteiger partial charge in [-0.15, -0.1) is 0 Å². The molecule has 1 aliphatic heterocycles. The summed E-state index contributed by atoms with van der Waals surface area (Å²) in [6, 6.07) is 1.74. The molecule has 0 saturated carbocycles. The molecular weight excluding hydrogens is 264 g/mol. The third kappa shape index (κ3) is 3.36. The molecule has 7 heteroatoms. The van der Waals surface area contributed by atoms with Crippen molar-refractivity contribution in [2.45, 2.75) is 23.9 Å². The number of rotatable bonds is 5. The average Bonchev–Trinajstić information content (AvgIpc) is 2.87. The SMILES string of the molecule is CNCc1cc(S(=O)(=O)NC2CCN(C)C2)cn1C. The third-order valence-corrected chi connectivity index (χ3v) is 4.95. The Hall–Kier alpha value is -0.890. The molecular formula is C12H22N4O2S. The van der Waals surface area contributed by atoms with Crippen molar-refractivity contribution >= 4 is 10.0 Å². The molecule has 6 nitrogen and oxygen atoms in total. The van der Waals surface area contributed by atoms with Crippen LogP contribution in [-0.4, -0.2) is 51.1 Å². The second-order valence-corrected chi connectivity index (χ2v) is 6.89. The molecule has 1 saturated heterocycles. The summed E-state index contributed by atoms with van der Waals surface area (Å²) in [6.45, 7) is 2.36. The van der Waals surface area contributed by atoms with Crippen molar-refractivity contribution in [2.75, 3.05) is 27.2 Å². The molecule has 19 heavy (non-hydrogen) atoms. The second-order valence-electron chi connectivity index (χ2n) is 5.18. The van der Waals surface area contributed by atoms with E-state index in [9.17, 15) is 8.42 Å². The van der Waals surface area contributed by atoms with E-state index >= 15 is 0 Å². The maximum atomic E-state index is 12.3. The molecule has 0 amide bonds. The van der Waals surface area contributed by atoms with Crippen LogP contribution in [0, 0.1) is 0 Å². The molecule has 1 aromatic heterocycles. The van der Waals surface area contributed by atoms with Crippen molar-refractivity contribution in [1.29, 1.82) is 0 Å². The first-order chi connectivity index (χ1) is 8.92. The topological polar surface area (TPSA) is 66.4 Å². The number of nitrogens with zero attached hydrogens (tertiary/aromatic N) is 2. The summed E-state index contributed by atoms with van der Waals surface area (Å²) in [5.74, 6) is 0. The van der Waals surface area contributed by atoms with Crippen LogP contribution in [-0.2, 0) is 23.6 Å². The molecule has 0 aromatic carbocycles. The summed E-state index contributed by atoms with van der Waals surface area (Å²) in [5, 5.41) is 3.03. The van der Waals surface area contributed by atoms with Crippen LogP contribution >= 0.6 is 0 Å². The predicted molar refractivity (Wildman–Crippen MR) is 74.4 cm³/mol. The van der Waals surface area contributed by atoms with Crippen molar-refractivity contribution in [3.8, 4) is 0 Å². The lowest BCUT2D eigenvalue weighted by atomic mass is 10.3. The van der Waals surface area contributed by atoms with Crippen molar-refractivity contribution in [2.24, 2.45) is 7.05 Å². The number of likely N-dealkylation sites (N-methyl/N-ethyl adjacent to an activating group) is 1. The Balaban J connectivity index is 2.13. The van der Waals surface area contributed by atoms with E-state index < -0.39 is 10.0 Å². The summed E-state index contributed by atoms with van der Waals surface area (Å²) in [4.78, 5) is 2.47. The van der Waals surface area contributed by atoms with Gasteiger partial charge >= 0.3 is 0 Å². The summed E-state index contributed by atoms with van der Waals surface area (Å²) in [7, 11) is 2.29. The van der Waals surface area contributed by atoms with Gasteiger partial charge in [0.25, 0.3) is 0 Å². The molecule has 2 N–H and O–H groups in total. The van der Waals surface area contributed by atoms with Crippen LogP contribution in [0.3, 0.4) is 0 Å². The summed E-state index contributed by atoms with van der Waals surface area (Å²) >= 11 is 0. The Bertz CT molecular complexity index is 538. The van der Waals surface area contributed by atoms with Crippen molar-refractivity contribution in [1.82, 2.24) is 19.5 Å². The predicted octanol–water partition coefficient (Wildman–Crippen LogP) is -0.273. The Labute approximate surface area is 114 Å². The molecule has 2 heterocycles. The maximum absolute atomic E-state index is 12.3. The highest BCUT2D eigenvalue weighted by molar-refractivity contribution is 7.89. The molecule has 0 spiro atoms. The van der Waals surface area contributed by atoms with Gasteiger partial charge in [-0.05, 0) is 33.1 Å². The van der Waals surface area contributed by atoms with Crippen LogP contribution in [0.5, 0.6) is 0 Å². The second kappa shape index (κ2) is 5.62. The fourth-order valence-corrected chi connectivity index (χ4v) is 3.75. The first-order valence-electron chi connectivity index (χ1n) is 6.43. The number of hydrogen-bond acceptors (Lipinski definition) is 4. The van der Waals surface area contributed by atoms with Gasteiger partial charge in [0.2, 0.25) is 10.0 Å². The lowest BCUT2D eigenvalue weighted by molar-refractivity contribution is 0.407. The molecule has 108 valence electrons. The van der Waals surface area contributed by atoms with Gasteiger partial charge in [-0.1, -0.05) is 0 Å². The highest BCUT2D eigenvalue weighted by Crippen LogP contribution is 2.16. The van der Waals surface area contributed by atoms with Gasteiger partial charge < -0.3 is 14.8 Å². The molecule has 2 rings (SSSR count). The van der Waals surface area contributed by atoms with E-state index in [1.807, 2.05) is 25.7 Å². The van der Waals surface area contributed by atoms with E-state index in [4.69, 9.17) is 0 Å². The number of nitrogens with one attached hydrogen (secondary N) is 2. The smallest absolute Gasteiger partial charge is 0.242 e. The van der Waals surface area contributed by atoms with Crippen LogP contribution in [0.25, 0.3) is 0 Å². The van der Waals surface area contributed by atoms with E-state index in [1.54, 1.807) is 12.3 Å². The minimum Gasteiger partial charge on any atom is -0.352 e. The van der Waals surface area contributed by atoms with Crippen LogP contribution < -0.4 is 10.0 Å². The first-order valence-corrected chi connectivity index (χ1v) is 7.91. The van der Waals surface area contributed by atoms with E-state index in [2.05, 4.69) is 14.9 Å². The monoisotopic (exact) mass is 286 g/mol. The number of hydrogen-bond donors (Lipinski definition) is 2. The molecule has 0 bridgehead atoms. The Morgan fingerprint density at radius 1 is 1.42 bits per heavy atom. The van der Waals surface area contributed by atoms with E-state index in [0.29, 0.717) is 11.4 Å². The van der Waals surface area contributed by atoms with Gasteiger partial charge in [-0.2, -0.15) is 0 Å². The normalized spacial score (nSPS) is 21.1. The molecule has 1 fully saturated rings. The maximum Gasteiger partial charge on any atom is 0.242 e. The fraction of sp³-hybridized carbons (Fsp3) is 0.667. The quantitative estimate of drug-likeness (QED) is 0.782. The Morgan fingerprint density at radius 2 is 2.16 bits per heavy atom. The molecule has 1 unspecified atom stereocenters. The van der Waals surface area contributed by atoms with Crippen molar-refractivity contribution in [3.63, 3.8) is 0 Å². The zero-order valence-electron chi connectivity index (χ0n) is 11.7. The van der Waals surface area contributed by atoms with Crippen LogP contribution in [0.2, 0.25) is 0 Å². The van der Waals surface area contributed by atoms with E-state index in [0.717, 1.165) is 25.2 Å². The van der Waals surface area contributed by atoms with Gasteiger partial charge in [0.05, 0.1) is 4.90 Å². The number of aryl methyl sites for hydroxylation is 1. The highest BCUT2D eigenvalue weighted by Gasteiger charge is 2.26. The third-order valence-electron chi connectivity index (χ3n) is 3.46. The Morgan fingerprint density at radius 3 is 2.74 bits per heavy atom. The van der Waals surface area contributed by atoms with Crippen molar-refractivity contribution in [3.05, 3.63) is 18.0 Å². The van der Waals surface area contributed by atoms with Gasteiger partial charge in [-0.3, -0.25) is 0 Å². The van der Waals surface area contributed by atoms with Gasteiger partial charge in [0.1, 0.15) is 0 Å². The number of sulfonamides is 1. The number of likely N-dealkylation sites (tertiary alicyclic amines) is 1. The van der Waals surface area contributed by atoms with Crippen LogP contribution in [0.1, 0.15) is 12.1 Å². The lowest BCUT2D eigenvalue weighted by Crippen LogP contribution is -2.36. The molecule has 1 aromatic rings. The summed E-state index contributed by atoms with van der Waals surface area (Å²) in [5.41, 5.74) is 0.950. The van der Waals surface area contributed by atoms with Gasteiger partial charge in [0, 0.05) is 38.1 Å². The zero-order chi connectivity index (χ0) is 14.0. The standard InChI is InChI=1S/C12H22N4O2S/c1-13-7-11-6-12(9-16(11)3)19(17,18)14-10-4-5-15(2)8-10/h6,9-10,13-14H,4-5,7-8H2,1-3H3. The minimum atomic E-state index is -3.41. The van der Waals surface area contributed by atoms with E-state index in [-0.39, 0.29) is 6.04 Å². The number of aromatic nitrogens is 1. The minimum absolute atomic E-state index is 0.0166. The molecule has 1 atom stereocenters. The summed E-state index contributed by atoms with van der Waals surface area (Å²) < 4.78 is 29.2. The lowest BCUT2D eigenvalue weighted by Gasteiger charge is -2.12. The molecule has 0 radical (unpaired) electrons.